The Labute approximate surface area is 152 Å². The molecule has 1 fully saturated rings. The molecule has 0 saturated heterocycles. The number of rotatable bonds is 4. The first-order chi connectivity index (χ1) is 10.9. The lowest BCUT2D eigenvalue weighted by Crippen LogP contribution is -2.42. The molecule has 1 saturated carbocycles. The minimum Gasteiger partial charge on any atom is -0.395 e. The Morgan fingerprint density at radius 3 is 1.59 bits per heavy atom. The van der Waals surface area contributed by atoms with Crippen molar-refractivity contribution >= 4 is 50.1 Å². The smallest absolute Gasteiger partial charge is 0.395 e. The van der Waals surface area contributed by atoms with E-state index in [9.17, 15) is 0 Å². The second kappa shape index (κ2) is 12.1. The first-order valence-corrected chi connectivity index (χ1v) is 11.4. The fourth-order valence-electron chi connectivity index (χ4n) is 2.49. The quantitative estimate of drug-likeness (QED) is 0.806. The van der Waals surface area contributed by atoms with Gasteiger partial charge in [-0.3, -0.25) is 0 Å². The van der Waals surface area contributed by atoms with Gasteiger partial charge in [-0.05, 0) is 0 Å². The summed E-state index contributed by atoms with van der Waals surface area (Å²) in [5.74, 6) is 0.866. The van der Waals surface area contributed by atoms with E-state index < -0.39 is 0 Å². The molecule has 0 spiro atoms. The molecule has 0 aliphatic heterocycles. The number of benzene rings is 2. The second-order valence-electron chi connectivity index (χ2n) is 5.15. The van der Waals surface area contributed by atoms with E-state index in [0.717, 1.165) is 5.82 Å². The van der Waals surface area contributed by atoms with E-state index in [0.29, 0.717) is 13.3 Å². The molecule has 1 aliphatic carbocycles. The van der Waals surface area contributed by atoms with Crippen LogP contribution in [0.4, 0.5) is 0 Å². The molecule has 3 rings (SSSR count). The summed E-state index contributed by atoms with van der Waals surface area (Å²) in [5.41, 5.74) is 7.72. The maximum Gasteiger partial charge on any atom is 1.52 e. The SMILES string of the molecule is NCCO.[Mg+2][Br].c1ccc(B(c2ccccc2)C2CC2)cc1. The van der Waals surface area contributed by atoms with E-state index in [2.05, 4.69) is 73.5 Å². The first kappa shape index (κ1) is 19.7. The summed E-state index contributed by atoms with van der Waals surface area (Å²) in [4.78, 5) is 0. The van der Waals surface area contributed by atoms with Crippen molar-refractivity contribution in [3.8, 4) is 0 Å². The molecule has 22 heavy (non-hydrogen) atoms. The van der Waals surface area contributed by atoms with Gasteiger partial charge in [-0.15, -0.1) is 0 Å². The van der Waals surface area contributed by atoms with Crippen LogP contribution in [0.15, 0.2) is 60.7 Å². The van der Waals surface area contributed by atoms with Gasteiger partial charge in [0.2, 0.25) is 6.71 Å². The van der Waals surface area contributed by atoms with Crippen molar-refractivity contribution in [2.45, 2.75) is 18.7 Å². The first-order valence-electron chi connectivity index (χ1n) is 7.54. The fourth-order valence-corrected chi connectivity index (χ4v) is 2.49. The predicted molar refractivity (Wildman–Crippen MR) is 102 cm³/mol. The standard InChI is InChI=1S/C15H15B.C2H7NO.BrH.Mg/c1-3-7-13(8-4-1)16(15-11-12-15)14-9-5-2-6-10-14;3-1-2-4;;/h1-10,15H,11-12H2;4H,1-3H2;1H;/q;;;+3/p-1. The van der Waals surface area contributed by atoms with E-state index in [1.54, 1.807) is 19.5 Å². The fraction of sp³-hybridized carbons (Fsp3) is 0.294. The van der Waals surface area contributed by atoms with E-state index in [1.807, 2.05) is 0 Å². The lowest BCUT2D eigenvalue weighted by Gasteiger charge is -2.13. The largest absolute Gasteiger partial charge is 1.52 e. The summed E-state index contributed by atoms with van der Waals surface area (Å²) in [6.07, 6.45) is 2.77. The van der Waals surface area contributed by atoms with Crippen molar-refractivity contribution in [3.05, 3.63) is 60.7 Å². The number of aliphatic hydroxyl groups excluding tert-OH is 1. The van der Waals surface area contributed by atoms with Gasteiger partial charge in [0.25, 0.3) is 0 Å². The zero-order valence-electron chi connectivity index (χ0n) is 12.9. The van der Waals surface area contributed by atoms with Crippen molar-refractivity contribution < 1.29 is 5.11 Å². The van der Waals surface area contributed by atoms with E-state index in [1.165, 1.54) is 23.8 Å². The van der Waals surface area contributed by atoms with Crippen molar-refractivity contribution in [3.63, 3.8) is 0 Å². The number of aliphatic hydroxyl groups is 1. The Morgan fingerprint density at radius 1 is 0.955 bits per heavy atom. The predicted octanol–water partition coefficient (Wildman–Crippen LogP) is 1.86. The van der Waals surface area contributed by atoms with Crippen LogP contribution in [0.2, 0.25) is 5.82 Å². The van der Waals surface area contributed by atoms with Crippen LogP contribution in [0, 0.1) is 0 Å². The number of nitrogens with two attached hydrogens (primary N) is 1. The molecule has 2 aromatic carbocycles. The molecule has 0 amide bonds. The molecule has 3 N–H and O–H groups in total. The highest BCUT2D eigenvalue weighted by atomic mass is 79.9. The molecule has 0 heterocycles. The zero-order chi connectivity index (χ0) is 16.2. The van der Waals surface area contributed by atoms with Gasteiger partial charge in [0.15, 0.2) is 0 Å². The van der Waals surface area contributed by atoms with Gasteiger partial charge >= 0.3 is 32.4 Å². The average molecular weight is 371 g/mol. The Hall–Kier alpha value is -0.329. The van der Waals surface area contributed by atoms with Crippen LogP contribution < -0.4 is 16.7 Å². The third-order valence-electron chi connectivity index (χ3n) is 3.54. The van der Waals surface area contributed by atoms with Crippen LogP contribution in [-0.4, -0.2) is 44.5 Å². The summed E-state index contributed by atoms with van der Waals surface area (Å²) in [6.45, 7) is 1.09. The van der Waals surface area contributed by atoms with Gasteiger partial charge in [-0.25, -0.2) is 0 Å². The van der Waals surface area contributed by atoms with E-state index >= 15 is 0 Å². The lowest BCUT2D eigenvalue weighted by atomic mass is 9.37. The molecule has 0 unspecified atom stereocenters. The van der Waals surface area contributed by atoms with Gasteiger partial charge in [-0.1, -0.05) is 90.2 Å². The molecule has 0 atom stereocenters. The van der Waals surface area contributed by atoms with Crippen LogP contribution in [0.1, 0.15) is 12.8 Å². The molecular formula is C17H22BBrMgNO+2. The minimum atomic E-state index is 0.0972. The minimum absolute atomic E-state index is 0.0972. The summed E-state index contributed by atoms with van der Waals surface area (Å²) < 4.78 is 0. The number of hydrogen-bond donors (Lipinski definition) is 2. The summed E-state index contributed by atoms with van der Waals surface area (Å²) >= 11 is 4.64. The Kier molecular flexibility index (Phi) is 10.9. The maximum atomic E-state index is 7.75. The molecule has 0 bridgehead atoms. The molecular weight excluding hydrogens is 349 g/mol. The summed E-state index contributed by atoms with van der Waals surface area (Å²) in [7, 11) is 0. The summed E-state index contributed by atoms with van der Waals surface area (Å²) in [5, 5.41) is 7.75. The normalized spacial score (nSPS) is 12.4. The second-order valence-corrected chi connectivity index (χ2v) is 5.15. The zero-order valence-corrected chi connectivity index (χ0v) is 15.9. The van der Waals surface area contributed by atoms with Gasteiger partial charge in [0.05, 0.1) is 6.61 Å². The van der Waals surface area contributed by atoms with Crippen molar-refractivity contribution in [1.82, 2.24) is 0 Å². The molecule has 111 valence electrons. The van der Waals surface area contributed by atoms with E-state index in [-0.39, 0.29) is 6.61 Å². The number of halogens is 1. The van der Waals surface area contributed by atoms with Crippen molar-refractivity contribution in [1.29, 1.82) is 0 Å². The summed E-state index contributed by atoms with van der Waals surface area (Å²) in [6, 6.07) is 21.8. The third-order valence-corrected chi connectivity index (χ3v) is 3.54. The molecule has 0 aromatic heterocycles. The van der Waals surface area contributed by atoms with Crippen LogP contribution in [0.3, 0.4) is 0 Å². The molecule has 2 nitrogen and oxygen atoms in total. The number of hydrogen-bond acceptors (Lipinski definition) is 2. The highest BCUT2D eigenvalue weighted by Crippen LogP contribution is 2.38. The van der Waals surface area contributed by atoms with Crippen molar-refractivity contribution in [2.75, 3.05) is 13.2 Å². The molecule has 7 radical (unpaired) electrons. The Bertz CT molecular complexity index is 455. The van der Waals surface area contributed by atoms with Crippen LogP contribution in [0.5, 0.6) is 0 Å². The van der Waals surface area contributed by atoms with Crippen LogP contribution in [-0.2, 0) is 0 Å². The average Bonchev–Trinajstić information content (AvgIpc) is 3.44. The molecule has 2 aromatic rings. The van der Waals surface area contributed by atoms with Crippen LogP contribution in [0.25, 0.3) is 0 Å². The Balaban J connectivity index is 0.000000354. The van der Waals surface area contributed by atoms with E-state index in [4.69, 9.17) is 10.8 Å². The van der Waals surface area contributed by atoms with Gasteiger partial charge in [0.1, 0.15) is 0 Å². The lowest BCUT2D eigenvalue weighted by molar-refractivity contribution is 0.306. The highest BCUT2D eigenvalue weighted by Gasteiger charge is 2.36. The third kappa shape index (κ3) is 6.84. The molecule has 1 aliphatic rings. The maximum absolute atomic E-state index is 7.75. The van der Waals surface area contributed by atoms with Crippen molar-refractivity contribution in [2.24, 2.45) is 5.73 Å². The monoisotopic (exact) mass is 370 g/mol. The highest BCUT2D eigenvalue weighted by molar-refractivity contribution is 9.22. The topological polar surface area (TPSA) is 46.2 Å². The van der Waals surface area contributed by atoms with Crippen LogP contribution >= 0.6 is 12.9 Å². The van der Waals surface area contributed by atoms with Gasteiger partial charge in [-0.2, -0.15) is 0 Å². The Morgan fingerprint density at radius 2 is 1.32 bits per heavy atom. The van der Waals surface area contributed by atoms with Gasteiger partial charge < -0.3 is 10.8 Å². The molecule has 5 heteroatoms. The van der Waals surface area contributed by atoms with Gasteiger partial charge in [0, 0.05) is 6.54 Å².